The average Bonchev–Trinajstić information content (AvgIpc) is 2.87. The Balaban J connectivity index is 1.67. The maximum atomic E-state index is 12.1. The van der Waals surface area contributed by atoms with Gasteiger partial charge in [-0.25, -0.2) is 0 Å². The van der Waals surface area contributed by atoms with Crippen molar-refractivity contribution in [2.45, 2.75) is 40.2 Å². The average molecular weight is 321 g/mol. The Hall–Kier alpha value is -2.62. The number of aromatic nitrogens is 2. The van der Waals surface area contributed by atoms with Crippen LogP contribution >= 0.6 is 0 Å². The zero-order valence-electron chi connectivity index (χ0n) is 14.4. The molecule has 1 amide bonds. The van der Waals surface area contributed by atoms with E-state index in [1.807, 2.05) is 12.1 Å². The summed E-state index contributed by atoms with van der Waals surface area (Å²) >= 11 is 0. The van der Waals surface area contributed by atoms with Crippen LogP contribution in [0.3, 0.4) is 0 Å². The molecular formula is C20H23N3O. The fourth-order valence-corrected chi connectivity index (χ4v) is 3.02. The standard InChI is InChI=1S/C20H23N3O/c1-13-10-17(20-18(11-13)14(2)15(3)23-20)12-22-19(24)5-4-16-6-8-21-9-7-16/h6-11,23H,4-5,12H2,1-3H3,(H,22,24). The van der Waals surface area contributed by atoms with Crippen LogP contribution in [0, 0.1) is 20.8 Å². The molecule has 124 valence electrons. The highest BCUT2D eigenvalue weighted by Crippen LogP contribution is 2.26. The second kappa shape index (κ2) is 6.87. The number of rotatable bonds is 5. The lowest BCUT2D eigenvalue weighted by Crippen LogP contribution is -2.23. The number of carbonyl (C=O) groups is 1. The molecule has 3 aromatic rings. The van der Waals surface area contributed by atoms with Crippen LogP contribution in [-0.2, 0) is 17.8 Å². The molecule has 1 aromatic carbocycles. The van der Waals surface area contributed by atoms with Gasteiger partial charge in [0.15, 0.2) is 0 Å². The summed E-state index contributed by atoms with van der Waals surface area (Å²) in [6.45, 7) is 6.86. The molecule has 0 radical (unpaired) electrons. The van der Waals surface area contributed by atoms with Gasteiger partial charge < -0.3 is 10.3 Å². The highest BCUT2D eigenvalue weighted by Gasteiger charge is 2.10. The molecule has 2 aromatic heterocycles. The van der Waals surface area contributed by atoms with Crippen molar-refractivity contribution in [3.05, 3.63) is 64.6 Å². The molecule has 0 unspecified atom stereocenters. The molecule has 4 nitrogen and oxygen atoms in total. The van der Waals surface area contributed by atoms with Crippen LogP contribution in [0.4, 0.5) is 0 Å². The van der Waals surface area contributed by atoms with Gasteiger partial charge in [-0.05, 0) is 62.1 Å². The predicted octanol–water partition coefficient (Wildman–Crippen LogP) is 3.74. The van der Waals surface area contributed by atoms with Crippen molar-refractivity contribution in [1.29, 1.82) is 0 Å². The van der Waals surface area contributed by atoms with Crippen LogP contribution in [0.15, 0.2) is 36.7 Å². The first-order valence-corrected chi connectivity index (χ1v) is 8.28. The third-order valence-electron chi connectivity index (χ3n) is 4.51. The fourth-order valence-electron chi connectivity index (χ4n) is 3.02. The van der Waals surface area contributed by atoms with Crippen molar-refractivity contribution in [1.82, 2.24) is 15.3 Å². The van der Waals surface area contributed by atoms with Crippen LogP contribution in [0.5, 0.6) is 0 Å². The van der Waals surface area contributed by atoms with E-state index in [1.54, 1.807) is 12.4 Å². The Morgan fingerprint density at radius 2 is 1.92 bits per heavy atom. The van der Waals surface area contributed by atoms with Gasteiger partial charge in [0, 0.05) is 36.4 Å². The summed E-state index contributed by atoms with van der Waals surface area (Å²) < 4.78 is 0. The Labute approximate surface area is 142 Å². The number of aromatic amines is 1. The molecule has 0 aliphatic heterocycles. The minimum Gasteiger partial charge on any atom is -0.358 e. The van der Waals surface area contributed by atoms with Crippen molar-refractivity contribution in [2.24, 2.45) is 0 Å². The second-order valence-electron chi connectivity index (χ2n) is 6.35. The molecule has 3 rings (SSSR count). The van der Waals surface area contributed by atoms with Gasteiger partial charge in [-0.2, -0.15) is 0 Å². The SMILES string of the molecule is Cc1cc(CNC(=O)CCc2ccncc2)c2[nH]c(C)c(C)c2c1. The van der Waals surface area contributed by atoms with Gasteiger partial charge in [0.25, 0.3) is 0 Å². The zero-order chi connectivity index (χ0) is 17.1. The maximum Gasteiger partial charge on any atom is 0.220 e. The van der Waals surface area contributed by atoms with E-state index in [-0.39, 0.29) is 5.91 Å². The van der Waals surface area contributed by atoms with Crippen molar-refractivity contribution >= 4 is 16.8 Å². The number of fused-ring (bicyclic) bond motifs is 1. The normalized spacial score (nSPS) is 11.0. The molecule has 0 bridgehead atoms. The van der Waals surface area contributed by atoms with Gasteiger partial charge in [0.1, 0.15) is 0 Å². The van der Waals surface area contributed by atoms with E-state index < -0.39 is 0 Å². The number of nitrogens with zero attached hydrogens (tertiary/aromatic N) is 1. The predicted molar refractivity (Wildman–Crippen MR) is 96.9 cm³/mol. The molecule has 0 spiro atoms. The summed E-state index contributed by atoms with van der Waals surface area (Å²) in [7, 11) is 0. The third-order valence-corrected chi connectivity index (χ3v) is 4.51. The third kappa shape index (κ3) is 3.48. The van der Waals surface area contributed by atoms with Gasteiger partial charge in [-0.15, -0.1) is 0 Å². The van der Waals surface area contributed by atoms with Gasteiger partial charge >= 0.3 is 0 Å². The molecule has 0 saturated heterocycles. The van der Waals surface area contributed by atoms with E-state index in [1.165, 1.54) is 22.2 Å². The second-order valence-corrected chi connectivity index (χ2v) is 6.35. The fraction of sp³-hybridized carbons (Fsp3) is 0.300. The lowest BCUT2D eigenvalue weighted by atomic mass is 10.0. The molecule has 2 N–H and O–H groups in total. The number of benzene rings is 1. The molecule has 0 saturated carbocycles. The van der Waals surface area contributed by atoms with E-state index in [2.05, 4.69) is 48.2 Å². The summed E-state index contributed by atoms with van der Waals surface area (Å²) in [6.07, 6.45) is 4.74. The Kier molecular flexibility index (Phi) is 4.65. The number of nitrogens with one attached hydrogen (secondary N) is 2. The maximum absolute atomic E-state index is 12.1. The number of pyridine rings is 1. The van der Waals surface area contributed by atoms with Crippen molar-refractivity contribution in [3.8, 4) is 0 Å². The Morgan fingerprint density at radius 1 is 1.17 bits per heavy atom. The number of hydrogen-bond acceptors (Lipinski definition) is 2. The van der Waals surface area contributed by atoms with Crippen molar-refractivity contribution in [2.75, 3.05) is 0 Å². The molecule has 0 atom stereocenters. The summed E-state index contributed by atoms with van der Waals surface area (Å²) in [5.41, 5.74) is 7.07. The van der Waals surface area contributed by atoms with Crippen LogP contribution < -0.4 is 5.32 Å². The van der Waals surface area contributed by atoms with Gasteiger partial charge in [0.2, 0.25) is 5.91 Å². The van der Waals surface area contributed by atoms with Crippen LogP contribution in [0.2, 0.25) is 0 Å². The smallest absolute Gasteiger partial charge is 0.220 e. The minimum absolute atomic E-state index is 0.0708. The number of amides is 1. The lowest BCUT2D eigenvalue weighted by molar-refractivity contribution is -0.121. The van der Waals surface area contributed by atoms with Crippen molar-refractivity contribution < 1.29 is 4.79 Å². The van der Waals surface area contributed by atoms with E-state index in [0.29, 0.717) is 13.0 Å². The van der Waals surface area contributed by atoms with Crippen LogP contribution in [-0.4, -0.2) is 15.9 Å². The first kappa shape index (κ1) is 16.2. The van der Waals surface area contributed by atoms with Gasteiger partial charge in [0.05, 0.1) is 5.52 Å². The van der Waals surface area contributed by atoms with Gasteiger partial charge in [-0.1, -0.05) is 11.6 Å². The molecule has 0 fully saturated rings. The van der Waals surface area contributed by atoms with Crippen LogP contribution in [0.25, 0.3) is 10.9 Å². The molecule has 24 heavy (non-hydrogen) atoms. The number of hydrogen-bond donors (Lipinski definition) is 2. The molecule has 4 heteroatoms. The molecule has 0 aliphatic rings. The Bertz CT molecular complexity index is 865. The largest absolute Gasteiger partial charge is 0.358 e. The van der Waals surface area contributed by atoms with E-state index in [4.69, 9.17) is 0 Å². The monoisotopic (exact) mass is 321 g/mol. The molecular weight excluding hydrogens is 298 g/mol. The first-order valence-electron chi connectivity index (χ1n) is 8.28. The number of H-pyrrole nitrogens is 1. The Morgan fingerprint density at radius 3 is 2.67 bits per heavy atom. The molecule has 0 aliphatic carbocycles. The summed E-state index contributed by atoms with van der Waals surface area (Å²) in [6, 6.07) is 8.23. The first-order chi connectivity index (χ1) is 11.5. The van der Waals surface area contributed by atoms with E-state index in [9.17, 15) is 4.79 Å². The summed E-state index contributed by atoms with van der Waals surface area (Å²) in [5.74, 6) is 0.0708. The van der Waals surface area contributed by atoms with Crippen LogP contribution in [0.1, 0.15) is 34.4 Å². The summed E-state index contributed by atoms with van der Waals surface area (Å²) in [5, 5.41) is 4.29. The summed E-state index contributed by atoms with van der Waals surface area (Å²) in [4.78, 5) is 19.6. The van der Waals surface area contributed by atoms with Gasteiger partial charge in [-0.3, -0.25) is 9.78 Å². The van der Waals surface area contributed by atoms with Crippen molar-refractivity contribution in [3.63, 3.8) is 0 Å². The topological polar surface area (TPSA) is 57.8 Å². The highest BCUT2D eigenvalue weighted by molar-refractivity contribution is 5.88. The van der Waals surface area contributed by atoms with E-state index >= 15 is 0 Å². The van der Waals surface area contributed by atoms with E-state index in [0.717, 1.165) is 23.1 Å². The number of aryl methyl sites for hydroxylation is 4. The molecule has 2 heterocycles. The number of carbonyl (C=O) groups excluding carboxylic acids is 1. The zero-order valence-corrected chi connectivity index (χ0v) is 14.4. The lowest BCUT2D eigenvalue weighted by Gasteiger charge is -2.08. The minimum atomic E-state index is 0.0708. The quantitative estimate of drug-likeness (QED) is 0.752. The highest BCUT2D eigenvalue weighted by atomic mass is 16.1.